The predicted molar refractivity (Wildman–Crippen MR) is 113 cm³/mol. The summed E-state index contributed by atoms with van der Waals surface area (Å²) < 4.78 is 1.82. The summed E-state index contributed by atoms with van der Waals surface area (Å²) >= 11 is 3.15. The summed E-state index contributed by atoms with van der Waals surface area (Å²) in [6.07, 6.45) is 3.97. The number of benzene rings is 1. The molecular formula is C21H24N2O2S2. The highest BCUT2D eigenvalue weighted by Crippen LogP contribution is 2.36. The minimum absolute atomic E-state index is 0.0791. The van der Waals surface area contributed by atoms with Gasteiger partial charge in [0.2, 0.25) is 0 Å². The molecule has 1 aromatic carbocycles. The van der Waals surface area contributed by atoms with Crippen LogP contribution in [-0.2, 0) is 25.8 Å². The third-order valence-corrected chi connectivity index (χ3v) is 7.27. The van der Waals surface area contributed by atoms with Gasteiger partial charge in [0, 0.05) is 17.2 Å². The van der Waals surface area contributed by atoms with Gasteiger partial charge in [-0.1, -0.05) is 49.0 Å². The first-order valence-corrected chi connectivity index (χ1v) is 11.3. The maximum atomic E-state index is 13.4. The zero-order chi connectivity index (χ0) is 18.8. The Kier molecular flexibility index (Phi) is 5.66. The molecule has 0 aliphatic heterocycles. The van der Waals surface area contributed by atoms with Gasteiger partial charge < -0.3 is 5.11 Å². The molecule has 2 aromatic heterocycles. The Hall–Kier alpha value is -1.63. The fourth-order valence-corrected chi connectivity index (χ4v) is 5.93. The van der Waals surface area contributed by atoms with Gasteiger partial charge in [-0.15, -0.1) is 11.3 Å². The summed E-state index contributed by atoms with van der Waals surface area (Å²) in [5.41, 5.74) is 2.53. The van der Waals surface area contributed by atoms with Crippen molar-refractivity contribution in [1.82, 2.24) is 9.55 Å². The second kappa shape index (κ2) is 8.17. The van der Waals surface area contributed by atoms with E-state index in [1.54, 1.807) is 11.3 Å². The molecule has 1 aliphatic rings. The van der Waals surface area contributed by atoms with Crippen molar-refractivity contribution in [3.63, 3.8) is 0 Å². The normalized spacial score (nSPS) is 16.6. The topological polar surface area (TPSA) is 55.1 Å². The number of fused-ring (bicyclic) bond motifs is 3. The quantitative estimate of drug-likeness (QED) is 0.503. The summed E-state index contributed by atoms with van der Waals surface area (Å²) in [5, 5.41) is 10.8. The average molecular weight is 401 g/mol. The molecule has 0 saturated heterocycles. The summed E-state index contributed by atoms with van der Waals surface area (Å²) in [6, 6.07) is 10.2. The SMILES string of the molecule is C[C@H]1CCc2c(sc3nc(SCCO)n(CCc4ccccc4)c(=O)c23)C1. The van der Waals surface area contributed by atoms with Crippen molar-refractivity contribution in [1.29, 1.82) is 0 Å². The van der Waals surface area contributed by atoms with E-state index in [9.17, 15) is 9.90 Å². The van der Waals surface area contributed by atoms with Gasteiger partial charge in [-0.2, -0.15) is 0 Å². The second-order valence-corrected chi connectivity index (χ2v) is 9.34. The first kappa shape index (κ1) is 18.7. The number of nitrogens with zero attached hydrogens (tertiary/aromatic N) is 2. The Morgan fingerprint density at radius 2 is 2.15 bits per heavy atom. The van der Waals surface area contributed by atoms with Crippen LogP contribution in [-0.4, -0.2) is 27.0 Å². The maximum Gasteiger partial charge on any atom is 0.263 e. The van der Waals surface area contributed by atoms with E-state index in [2.05, 4.69) is 19.1 Å². The zero-order valence-corrected chi connectivity index (χ0v) is 17.1. The van der Waals surface area contributed by atoms with Crippen molar-refractivity contribution in [3.05, 3.63) is 56.7 Å². The molecular weight excluding hydrogens is 376 g/mol. The minimum atomic E-state index is 0.0791. The van der Waals surface area contributed by atoms with E-state index in [1.165, 1.54) is 27.8 Å². The maximum absolute atomic E-state index is 13.4. The Morgan fingerprint density at radius 1 is 1.33 bits per heavy atom. The Morgan fingerprint density at radius 3 is 2.93 bits per heavy atom. The van der Waals surface area contributed by atoms with Crippen LogP contribution >= 0.6 is 23.1 Å². The molecule has 4 nitrogen and oxygen atoms in total. The summed E-state index contributed by atoms with van der Waals surface area (Å²) in [5.74, 6) is 1.22. The lowest BCUT2D eigenvalue weighted by molar-refractivity contribution is 0.322. The monoisotopic (exact) mass is 400 g/mol. The van der Waals surface area contributed by atoms with Gasteiger partial charge in [-0.25, -0.2) is 4.98 Å². The van der Waals surface area contributed by atoms with Gasteiger partial charge in [-0.05, 0) is 42.7 Å². The lowest BCUT2D eigenvalue weighted by atomic mass is 9.89. The van der Waals surface area contributed by atoms with Crippen LogP contribution in [0.5, 0.6) is 0 Å². The van der Waals surface area contributed by atoms with Gasteiger partial charge in [0.25, 0.3) is 5.56 Å². The number of hydrogen-bond acceptors (Lipinski definition) is 5. The summed E-state index contributed by atoms with van der Waals surface area (Å²) in [4.78, 5) is 20.5. The minimum Gasteiger partial charge on any atom is -0.396 e. The van der Waals surface area contributed by atoms with E-state index in [0.29, 0.717) is 18.2 Å². The third-order valence-electron chi connectivity index (χ3n) is 5.17. The molecule has 3 aromatic rings. The number of aromatic nitrogens is 2. The van der Waals surface area contributed by atoms with Crippen LogP contribution in [0, 0.1) is 5.92 Å². The number of hydrogen-bond donors (Lipinski definition) is 1. The standard InChI is InChI=1S/C21H24N2O2S2/c1-14-7-8-16-17(13-14)27-19-18(16)20(25)23(21(22-19)26-12-11-24)10-9-15-5-3-2-4-6-15/h2-6,14,24H,7-13H2,1H3/t14-/m0/s1. The first-order valence-electron chi connectivity index (χ1n) is 9.50. The summed E-state index contributed by atoms with van der Waals surface area (Å²) in [6.45, 7) is 2.97. The molecule has 4 rings (SSSR count). The molecule has 1 atom stereocenters. The van der Waals surface area contributed by atoms with Crippen molar-refractivity contribution >= 4 is 33.3 Å². The molecule has 0 unspecified atom stereocenters. The number of thiophene rings is 1. The van der Waals surface area contributed by atoms with Crippen LogP contribution in [0.2, 0.25) is 0 Å². The number of aryl methyl sites for hydroxylation is 2. The van der Waals surface area contributed by atoms with Crippen molar-refractivity contribution in [2.24, 2.45) is 5.92 Å². The fraction of sp³-hybridized carbons (Fsp3) is 0.429. The second-order valence-electron chi connectivity index (χ2n) is 7.19. The lowest BCUT2D eigenvalue weighted by Crippen LogP contribution is -2.25. The highest BCUT2D eigenvalue weighted by atomic mass is 32.2. The van der Waals surface area contributed by atoms with Crippen LogP contribution < -0.4 is 5.56 Å². The van der Waals surface area contributed by atoms with E-state index < -0.39 is 0 Å². The van der Waals surface area contributed by atoms with E-state index >= 15 is 0 Å². The number of rotatable bonds is 6. The van der Waals surface area contributed by atoms with Gasteiger partial charge in [0.05, 0.1) is 12.0 Å². The highest BCUT2D eigenvalue weighted by molar-refractivity contribution is 7.99. The molecule has 1 N–H and O–H groups in total. The van der Waals surface area contributed by atoms with Gasteiger partial charge in [0.1, 0.15) is 4.83 Å². The van der Waals surface area contributed by atoms with E-state index in [1.807, 2.05) is 22.8 Å². The van der Waals surface area contributed by atoms with Crippen LogP contribution in [0.25, 0.3) is 10.2 Å². The Bertz CT molecular complexity index is 995. The van der Waals surface area contributed by atoms with Crippen LogP contribution in [0.3, 0.4) is 0 Å². The zero-order valence-electron chi connectivity index (χ0n) is 15.5. The van der Waals surface area contributed by atoms with Gasteiger partial charge in [0.15, 0.2) is 5.16 Å². The van der Waals surface area contributed by atoms with Crippen molar-refractivity contribution in [3.8, 4) is 0 Å². The van der Waals surface area contributed by atoms with Crippen LogP contribution in [0.15, 0.2) is 40.3 Å². The molecule has 27 heavy (non-hydrogen) atoms. The molecule has 6 heteroatoms. The molecule has 142 valence electrons. The fourth-order valence-electron chi connectivity index (χ4n) is 3.73. The van der Waals surface area contributed by atoms with Crippen molar-refractivity contribution in [2.45, 2.75) is 44.3 Å². The molecule has 0 saturated carbocycles. The molecule has 0 radical (unpaired) electrons. The molecule has 0 spiro atoms. The van der Waals surface area contributed by atoms with Gasteiger partial charge >= 0.3 is 0 Å². The van der Waals surface area contributed by atoms with E-state index in [0.717, 1.165) is 41.1 Å². The van der Waals surface area contributed by atoms with Gasteiger partial charge in [-0.3, -0.25) is 9.36 Å². The van der Waals surface area contributed by atoms with Crippen molar-refractivity contribution in [2.75, 3.05) is 12.4 Å². The molecule has 0 bridgehead atoms. The third kappa shape index (κ3) is 3.84. The number of aliphatic hydroxyl groups is 1. The molecule has 1 aliphatic carbocycles. The smallest absolute Gasteiger partial charge is 0.263 e. The molecule has 0 fully saturated rings. The lowest BCUT2D eigenvalue weighted by Gasteiger charge is -2.17. The largest absolute Gasteiger partial charge is 0.396 e. The van der Waals surface area contributed by atoms with Crippen LogP contribution in [0.1, 0.15) is 29.3 Å². The Balaban J connectivity index is 1.77. The summed E-state index contributed by atoms with van der Waals surface area (Å²) in [7, 11) is 0. The van der Waals surface area contributed by atoms with E-state index in [-0.39, 0.29) is 12.2 Å². The first-order chi connectivity index (χ1) is 13.2. The van der Waals surface area contributed by atoms with Crippen molar-refractivity contribution < 1.29 is 5.11 Å². The number of thioether (sulfide) groups is 1. The molecule has 2 heterocycles. The highest BCUT2D eigenvalue weighted by Gasteiger charge is 2.24. The van der Waals surface area contributed by atoms with Crippen LogP contribution in [0.4, 0.5) is 0 Å². The molecule has 0 amide bonds. The van der Waals surface area contributed by atoms with E-state index in [4.69, 9.17) is 4.98 Å². The predicted octanol–water partition coefficient (Wildman–Crippen LogP) is 3.91. The Labute approximate surface area is 167 Å². The number of aliphatic hydroxyl groups excluding tert-OH is 1. The average Bonchev–Trinajstić information content (AvgIpc) is 3.04.